The number of likely N-dealkylation sites (tertiary alicyclic amines) is 1. The second-order valence-electron chi connectivity index (χ2n) is 8.64. The Hall–Kier alpha value is -3.56. The molecule has 34 heavy (non-hydrogen) atoms. The minimum Gasteiger partial charge on any atom is -0.383 e. The summed E-state index contributed by atoms with van der Waals surface area (Å²) in [5.74, 6) is -1.37. The lowest BCUT2D eigenvalue weighted by Crippen LogP contribution is -2.44. The number of halogens is 2. The maximum Gasteiger partial charge on any atom is 0.184 e. The van der Waals surface area contributed by atoms with Gasteiger partial charge in [-0.05, 0) is 62.2 Å². The number of benzene rings is 2. The van der Waals surface area contributed by atoms with Crippen molar-refractivity contribution in [2.75, 3.05) is 30.9 Å². The summed E-state index contributed by atoms with van der Waals surface area (Å²) in [6, 6.07) is 14.7. The Balaban J connectivity index is 1.46. The van der Waals surface area contributed by atoms with Gasteiger partial charge in [0.25, 0.3) is 0 Å². The lowest BCUT2D eigenvalue weighted by atomic mass is 10.0. The van der Waals surface area contributed by atoms with Crippen LogP contribution in [0.2, 0.25) is 0 Å². The zero-order chi connectivity index (χ0) is 23.8. The Labute approximate surface area is 197 Å². The Morgan fingerprint density at radius 2 is 1.76 bits per heavy atom. The van der Waals surface area contributed by atoms with Crippen LogP contribution in [0.5, 0.6) is 0 Å². The van der Waals surface area contributed by atoms with E-state index in [0.717, 1.165) is 30.3 Å². The van der Waals surface area contributed by atoms with Gasteiger partial charge < -0.3 is 5.73 Å². The summed E-state index contributed by atoms with van der Waals surface area (Å²) in [4.78, 5) is 6.86. The Bertz CT molecular complexity index is 1220. The van der Waals surface area contributed by atoms with E-state index in [9.17, 15) is 8.78 Å². The van der Waals surface area contributed by atoms with Gasteiger partial charge in [0.1, 0.15) is 11.5 Å². The summed E-state index contributed by atoms with van der Waals surface area (Å²) in [6.07, 6.45) is 4.22. The molecule has 2 aliphatic heterocycles. The molecule has 0 aliphatic carbocycles. The molecule has 0 bridgehead atoms. The average molecular weight is 464 g/mol. The summed E-state index contributed by atoms with van der Waals surface area (Å²) in [5, 5.41) is 7.18. The summed E-state index contributed by atoms with van der Waals surface area (Å²) in [5.41, 5.74) is 12.6. The summed E-state index contributed by atoms with van der Waals surface area (Å²) in [7, 11) is 1.65. The van der Waals surface area contributed by atoms with Crippen molar-refractivity contribution in [1.82, 2.24) is 20.5 Å². The first-order chi connectivity index (χ1) is 16.4. The van der Waals surface area contributed by atoms with E-state index < -0.39 is 11.6 Å². The number of rotatable bonds is 5. The molecule has 1 fully saturated rings. The largest absolute Gasteiger partial charge is 0.383 e. The van der Waals surface area contributed by atoms with Gasteiger partial charge in [0.05, 0.1) is 5.56 Å². The molecule has 7 nitrogen and oxygen atoms in total. The maximum absolute atomic E-state index is 14.6. The van der Waals surface area contributed by atoms with Gasteiger partial charge in [-0.3, -0.25) is 4.90 Å². The predicted molar refractivity (Wildman–Crippen MR) is 130 cm³/mol. The monoisotopic (exact) mass is 463 g/mol. The van der Waals surface area contributed by atoms with Crippen molar-refractivity contribution in [3.63, 3.8) is 0 Å². The third-order valence-corrected chi connectivity index (χ3v) is 6.53. The standard InChI is InChI=1S/C25H27F2N7/c1-16(33-12-3-4-13-33)17-8-10-18(11-9-17)19-14-20(24(28)29-15-19)25-30-31-32(2)34(25)22-7-5-6-21(26)23(22)27/h5-11,14-16,31H,3-4,12-13H2,1-2H3,(H2,28,29)/t16-/m1/s1. The van der Waals surface area contributed by atoms with Crippen molar-refractivity contribution >= 4 is 17.3 Å². The number of hydrogen-bond acceptors (Lipinski definition) is 7. The highest BCUT2D eigenvalue weighted by atomic mass is 19.2. The summed E-state index contributed by atoms with van der Waals surface area (Å²) < 4.78 is 28.5. The number of hydrazine groups is 2. The van der Waals surface area contributed by atoms with Gasteiger partial charge in [-0.2, -0.15) is 0 Å². The van der Waals surface area contributed by atoms with E-state index in [2.05, 4.69) is 51.7 Å². The smallest absolute Gasteiger partial charge is 0.184 e. The third kappa shape index (κ3) is 3.97. The number of anilines is 2. The molecule has 1 saturated heterocycles. The van der Waals surface area contributed by atoms with Crippen LogP contribution in [-0.4, -0.2) is 41.0 Å². The molecular weight excluding hydrogens is 436 g/mol. The quantitative estimate of drug-likeness (QED) is 0.588. The highest BCUT2D eigenvalue weighted by molar-refractivity contribution is 6.13. The number of pyridine rings is 1. The average Bonchev–Trinajstić information content (AvgIpc) is 3.51. The van der Waals surface area contributed by atoms with Crippen LogP contribution in [0.4, 0.5) is 20.3 Å². The van der Waals surface area contributed by atoms with Crippen LogP contribution in [-0.2, 0) is 0 Å². The molecule has 0 unspecified atom stereocenters. The molecule has 176 valence electrons. The fourth-order valence-electron chi connectivity index (χ4n) is 4.57. The Morgan fingerprint density at radius 1 is 1.03 bits per heavy atom. The fraction of sp³-hybridized carbons (Fsp3) is 0.280. The molecule has 9 heteroatoms. The molecule has 5 rings (SSSR count). The van der Waals surface area contributed by atoms with E-state index >= 15 is 0 Å². The number of hydrogen-bond donors (Lipinski definition) is 2. The second kappa shape index (κ2) is 9.00. The van der Waals surface area contributed by atoms with Gasteiger partial charge >= 0.3 is 0 Å². The van der Waals surface area contributed by atoms with E-state index in [-0.39, 0.29) is 11.5 Å². The van der Waals surface area contributed by atoms with E-state index in [0.29, 0.717) is 17.4 Å². The van der Waals surface area contributed by atoms with Crippen LogP contribution >= 0.6 is 0 Å². The van der Waals surface area contributed by atoms with Crippen LogP contribution < -0.4 is 16.3 Å². The van der Waals surface area contributed by atoms with Crippen molar-refractivity contribution in [2.24, 2.45) is 5.10 Å². The molecule has 2 aliphatic rings. The Morgan fingerprint density at radius 3 is 2.50 bits per heavy atom. The number of hydrazone groups is 1. The SMILES string of the molecule is C[C@H](c1ccc(-c2cnc(N)c(C3=NNN(C)N3c3cccc(F)c3F)c2)cc1)N1CCCC1. The number of amidine groups is 1. The van der Waals surface area contributed by atoms with E-state index in [1.54, 1.807) is 13.2 Å². The van der Waals surface area contributed by atoms with Crippen LogP contribution in [0.15, 0.2) is 59.8 Å². The number of nitrogens with two attached hydrogens (primary N) is 1. The number of nitrogens with one attached hydrogen (secondary N) is 1. The second-order valence-corrected chi connectivity index (χ2v) is 8.64. The van der Waals surface area contributed by atoms with Gasteiger partial charge in [-0.25, -0.2) is 24.3 Å². The highest BCUT2D eigenvalue weighted by Gasteiger charge is 2.30. The lowest BCUT2D eigenvalue weighted by Gasteiger charge is -2.27. The van der Waals surface area contributed by atoms with E-state index in [4.69, 9.17) is 5.73 Å². The van der Waals surface area contributed by atoms with Crippen molar-refractivity contribution < 1.29 is 8.78 Å². The normalized spacial score (nSPS) is 17.6. The van der Waals surface area contributed by atoms with Crippen LogP contribution in [0.3, 0.4) is 0 Å². The number of aromatic nitrogens is 1. The molecule has 2 aromatic carbocycles. The number of nitrogens with zero attached hydrogens (tertiary/aromatic N) is 5. The van der Waals surface area contributed by atoms with Gasteiger partial charge in [-0.1, -0.05) is 30.3 Å². The first kappa shape index (κ1) is 22.2. The van der Waals surface area contributed by atoms with Gasteiger partial charge in [0.15, 0.2) is 17.5 Å². The topological polar surface area (TPSA) is 73.0 Å². The van der Waals surface area contributed by atoms with Crippen LogP contribution in [0.1, 0.15) is 36.9 Å². The maximum atomic E-state index is 14.6. The van der Waals surface area contributed by atoms with Gasteiger partial charge in [0.2, 0.25) is 0 Å². The lowest BCUT2D eigenvalue weighted by molar-refractivity contribution is 0.263. The van der Waals surface area contributed by atoms with E-state index in [1.807, 2.05) is 6.07 Å². The highest BCUT2D eigenvalue weighted by Crippen LogP contribution is 2.31. The molecule has 0 radical (unpaired) electrons. The summed E-state index contributed by atoms with van der Waals surface area (Å²) in [6.45, 7) is 4.52. The van der Waals surface area contributed by atoms with Crippen molar-refractivity contribution in [3.05, 3.63) is 77.5 Å². The molecule has 0 saturated carbocycles. The predicted octanol–water partition coefficient (Wildman–Crippen LogP) is 4.30. The van der Waals surface area contributed by atoms with Crippen molar-refractivity contribution in [2.45, 2.75) is 25.8 Å². The van der Waals surface area contributed by atoms with Gasteiger partial charge in [0, 0.05) is 24.8 Å². The van der Waals surface area contributed by atoms with E-state index in [1.165, 1.54) is 40.7 Å². The first-order valence-electron chi connectivity index (χ1n) is 11.4. The third-order valence-electron chi connectivity index (χ3n) is 6.53. The van der Waals surface area contributed by atoms with Gasteiger partial charge in [-0.15, -0.1) is 10.2 Å². The molecule has 1 aromatic heterocycles. The van der Waals surface area contributed by atoms with Crippen molar-refractivity contribution in [3.8, 4) is 11.1 Å². The Kier molecular flexibility index (Phi) is 5.89. The first-order valence-corrected chi connectivity index (χ1v) is 11.4. The fourth-order valence-corrected chi connectivity index (χ4v) is 4.57. The minimum absolute atomic E-state index is 0.0105. The zero-order valence-corrected chi connectivity index (χ0v) is 19.2. The van der Waals surface area contributed by atoms with Crippen LogP contribution in [0, 0.1) is 11.6 Å². The minimum atomic E-state index is -0.976. The molecule has 0 spiro atoms. The summed E-state index contributed by atoms with van der Waals surface area (Å²) >= 11 is 0. The van der Waals surface area contributed by atoms with Crippen molar-refractivity contribution in [1.29, 1.82) is 0 Å². The zero-order valence-electron chi connectivity index (χ0n) is 19.2. The number of nitrogen functional groups attached to an aromatic ring is 1. The molecule has 0 amide bonds. The molecular formula is C25H27F2N7. The molecule has 3 aromatic rings. The molecule has 3 heterocycles. The molecule has 1 atom stereocenters. The van der Waals surface area contributed by atoms with Crippen LogP contribution in [0.25, 0.3) is 11.1 Å². The molecule has 3 N–H and O–H groups in total.